The molecule has 1 aliphatic heterocycles. The molecule has 0 bridgehead atoms. The quantitative estimate of drug-likeness (QED) is 0.351. The van der Waals surface area contributed by atoms with Gasteiger partial charge in [-0.1, -0.05) is 0 Å². The normalized spacial score (nSPS) is 34.8. The number of thioether (sulfide) groups is 1. The molecule has 0 aromatic heterocycles. The van der Waals surface area contributed by atoms with E-state index in [9.17, 15) is 15.0 Å². The molecule has 1 heterocycles. The van der Waals surface area contributed by atoms with Crippen molar-refractivity contribution < 1.29 is 30.0 Å². The van der Waals surface area contributed by atoms with Crippen LogP contribution in [0, 0.1) is 0 Å². The number of aliphatic hydroxyl groups is 3. The van der Waals surface area contributed by atoms with Gasteiger partial charge in [-0.3, -0.25) is 4.79 Å². The van der Waals surface area contributed by atoms with Crippen LogP contribution in [0.5, 0.6) is 0 Å². The van der Waals surface area contributed by atoms with Crippen molar-refractivity contribution in [2.24, 2.45) is 5.73 Å². The average molecular weight is 277 g/mol. The van der Waals surface area contributed by atoms with Crippen molar-refractivity contribution in [3.63, 3.8) is 0 Å². The lowest BCUT2D eigenvalue weighted by atomic mass is 10.2. The predicted octanol–water partition coefficient (Wildman–Crippen LogP) is -2.04. The fourth-order valence-corrected chi connectivity index (χ4v) is 2.50. The highest BCUT2D eigenvalue weighted by atomic mass is 32.2. The molecule has 100 valence electrons. The summed E-state index contributed by atoms with van der Waals surface area (Å²) in [4.78, 5) is 10.4. The number of aliphatic hydroxyl groups excluding tert-OH is 3. The molecule has 0 aliphatic carbocycles. The molecule has 1 unspecified atom stereocenters. The maximum Gasteiger partial charge on any atom is 0.320 e. The van der Waals surface area contributed by atoms with Crippen molar-refractivity contribution >= 4 is 17.7 Å². The van der Waals surface area contributed by atoms with E-state index in [1.54, 1.807) is 0 Å². The smallest absolute Gasteiger partial charge is 0.320 e. The van der Waals surface area contributed by atoms with Crippen molar-refractivity contribution in [3.8, 4) is 0 Å². The molecular weight excluding hydrogens is 260 g/mol. The predicted molar refractivity (Wildman–Crippen MR) is 60.4 cm³/mol. The fourth-order valence-electron chi connectivity index (χ4n) is 1.40. The van der Waals surface area contributed by atoms with Gasteiger partial charge < -0.3 is 30.9 Å². The number of carboxylic acids is 1. The van der Waals surface area contributed by atoms with E-state index in [-0.39, 0.29) is 0 Å². The van der Waals surface area contributed by atoms with Crippen molar-refractivity contribution in [1.29, 1.82) is 0 Å². The minimum absolute atomic E-state index is 0.313. The van der Waals surface area contributed by atoms with Crippen molar-refractivity contribution in [2.75, 3.05) is 11.5 Å². The summed E-state index contributed by atoms with van der Waals surface area (Å²) in [5.74, 6) is -0.179. The molecule has 1 fully saturated rings. The summed E-state index contributed by atoms with van der Waals surface area (Å²) in [6.45, 7) is 0. The largest absolute Gasteiger partial charge is 0.480 e. The molecule has 8 heteroatoms. The van der Waals surface area contributed by atoms with Crippen LogP contribution in [0.15, 0.2) is 0 Å². The zero-order chi connectivity index (χ0) is 13.0. The zero-order valence-corrected chi connectivity index (χ0v) is 9.92. The number of hydrogen-bond acceptors (Lipinski definition) is 7. The molecule has 17 heavy (non-hydrogen) atoms. The van der Waals surface area contributed by atoms with Gasteiger partial charge in [-0.25, -0.2) is 0 Å². The van der Waals surface area contributed by atoms with E-state index in [0.717, 1.165) is 0 Å². The van der Waals surface area contributed by atoms with Gasteiger partial charge >= 0.3 is 5.97 Å². The molecule has 0 aromatic carbocycles. The first-order valence-corrected chi connectivity index (χ1v) is 6.34. The number of rotatable bonds is 6. The average Bonchev–Trinajstić information content (AvgIpc) is 2.52. The molecule has 0 radical (unpaired) electrons. The first-order chi connectivity index (χ1) is 7.93. The Bertz CT molecular complexity index is 266. The van der Waals surface area contributed by atoms with Crippen LogP contribution in [-0.4, -0.2) is 68.5 Å². The van der Waals surface area contributed by atoms with Gasteiger partial charge in [0.2, 0.25) is 0 Å². The minimum Gasteiger partial charge on any atom is -0.480 e. The van der Waals surface area contributed by atoms with Gasteiger partial charge in [-0.05, 0) is 12.2 Å². The number of ether oxygens (including phenoxy) is 1. The molecule has 0 aromatic rings. The summed E-state index contributed by atoms with van der Waals surface area (Å²) in [5.41, 5.74) is 5.31. The van der Waals surface area contributed by atoms with Gasteiger partial charge in [0.1, 0.15) is 18.2 Å². The molecule has 0 amide bonds. The Morgan fingerprint density at radius 1 is 1.41 bits per heavy atom. The van der Waals surface area contributed by atoms with E-state index in [2.05, 4.69) is 0 Å². The Hall–Kier alpha value is -0.380. The Morgan fingerprint density at radius 3 is 2.53 bits per heavy atom. The molecule has 0 saturated carbocycles. The van der Waals surface area contributed by atoms with Crippen molar-refractivity contribution in [1.82, 2.24) is 0 Å². The molecule has 6 N–H and O–H groups in total. The van der Waals surface area contributed by atoms with Crippen LogP contribution in [-0.2, 0) is 9.53 Å². The lowest BCUT2D eigenvalue weighted by Crippen LogP contribution is -2.33. The van der Waals surface area contributed by atoms with Crippen LogP contribution in [0.25, 0.3) is 0 Å². The minimum atomic E-state index is -1.36. The van der Waals surface area contributed by atoms with Crippen molar-refractivity contribution in [2.45, 2.75) is 37.1 Å². The third kappa shape index (κ3) is 4.09. The van der Waals surface area contributed by atoms with Crippen LogP contribution >= 0.6 is 11.8 Å². The van der Waals surface area contributed by atoms with E-state index in [0.29, 0.717) is 17.9 Å². The van der Waals surface area contributed by atoms with Gasteiger partial charge in [-0.15, -0.1) is 0 Å². The second-order valence-corrected chi connectivity index (χ2v) is 5.00. The highest BCUT2D eigenvalue weighted by molar-refractivity contribution is 7.99. The molecule has 7 nitrogen and oxygen atoms in total. The summed E-state index contributed by atoms with van der Waals surface area (Å²) in [6, 6.07) is -0.895. The Balaban J connectivity index is 2.17. The highest BCUT2D eigenvalue weighted by Crippen LogP contribution is 2.23. The number of carbonyl (C=O) groups is 1. The van der Waals surface area contributed by atoms with Gasteiger partial charge in [0.25, 0.3) is 0 Å². The Labute approximate surface area is 103 Å². The molecule has 1 rings (SSSR count). The second-order valence-electron chi connectivity index (χ2n) is 3.85. The lowest BCUT2D eigenvalue weighted by Gasteiger charge is -2.14. The summed E-state index contributed by atoms with van der Waals surface area (Å²) >= 11 is 1.35. The third-order valence-electron chi connectivity index (χ3n) is 2.51. The summed E-state index contributed by atoms with van der Waals surface area (Å²) < 4.78 is 4.93. The number of carboxylic acid groups (broad SMARTS) is 1. The van der Waals surface area contributed by atoms with Gasteiger partial charge in [0.15, 0.2) is 6.29 Å². The molecule has 0 spiro atoms. The lowest BCUT2D eigenvalue weighted by molar-refractivity contribution is -0.138. The molecule has 1 saturated heterocycles. The van der Waals surface area contributed by atoms with E-state index in [1.165, 1.54) is 11.8 Å². The topological polar surface area (TPSA) is 133 Å². The van der Waals surface area contributed by atoms with Crippen LogP contribution in [0.3, 0.4) is 0 Å². The first kappa shape index (κ1) is 14.7. The first-order valence-electron chi connectivity index (χ1n) is 5.19. The maximum absolute atomic E-state index is 10.4. The molecule has 1 aliphatic rings. The van der Waals surface area contributed by atoms with E-state index < -0.39 is 36.6 Å². The Morgan fingerprint density at radius 2 is 2.06 bits per heavy atom. The SMILES string of the molecule is N[C@@H](CCS[14CH2][14C@H]1O[14CH](O)[14C@H](O)[14C@@H]1O)C(=O)O. The van der Waals surface area contributed by atoms with Crippen LogP contribution < -0.4 is 5.73 Å². The van der Waals surface area contributed by atoms with Crippen LogP contribution in [0.4, 0.5) is 0 Å². The number of hydrogen-bond donors (Lipinski definition) is 5. The van der Waals surface area contributed by atoms with Crippen LogP contribution in [0.2, 0.25) is 0 Å². The van der Waals surface area contributed by atoms with Gasteiger partial charge in [-0.2, -0.15) is 11.8 Å². The van der Waals surface area contributed by atoms with Crippen molar-refractivity contribution in [3.05, 3.63) is 0 Å². The number of nitrogens with two attached hydrogens (primary N) is 1. The van der Waals surface area contributed by atoms with E-state index in [4.69, 9.17) is 20.7 Å². The summed E-state index contributed by atoms with van der Waals surface area (Å²) in [7, 11) is 0. The second kappa shape index (κ2) is 6.53. The highest BCUT2D eigenvalue weighted by Gasteiger charge is 2.41. The molecular formula is C9H17NO6S. The maximum atomic E-state index is 10.4. The zero-order valence-electron chi connectivity index (χ0n) is 9.10. The summed E-state index contributed by atoms with van der Waals surface area (Å²) in [5, 5.41) is 36.3. The fraction of sp³-hybridized carbons (Fsp3) is 0.889. The number of aliphatic carboxylic acids is 1. The van der Waals surface area contributed by atoms with E-state index >= 15 is 0 Å². The monoisotopic (exact) mass is 277 g/mol. The third-order valence-corrected chi connectivity index (χ3v) is 3.60. The van der Waals surface area contributed by atoms with Crippen LogP contribution in [0.1, 0.15) is 6.42 Å². The van der Waals surface area contributed by atoms with Gasteiger partial charge in [0.05, 0.1) is 6.10 Å². The Kier molecular flexibility index (Phi) is 5.63. The van der Waals surface area contributed by atoms with Gasteiger partial charge in [0, 0.05) is 5.75 Å². The molecule has 5 atom stereocenters. The standard InChI is InChI=1S/C9H17NO6S/c10-4(8(13)14)1-2-17-3-5-6(11)7(12)9(15)16-5/h4-7,9,11-12,15H,1-3,10H2,(H,13,14)/t4-,5+,6+,7+,9?/m0/s1/i3+2,5+2,6+2,7+2,9+2. The van der Waals surface area contributed by atoms with E-state index in [1.807, 2.05) is 0 Å². The summed E-state index contributed by atoms with van der Waals surface area (Å²) in [6.07, 6.45) is -4.11.